The van der Waals surface area contributed by atoms with Crippen LogP contribution in [0.1, 0.15) is 24.0 Å². The molecule has 0 saturated carbocycles. The molecule has 0 radical (unpaired) electrons. The summed E-state index contributed by atoms with van der Waals surface area (Å²) in [6.45, 7) is 6.43. The smallest absolute Gasteiger partial charge is 0.225 e. The average molecular weight is 260 g/mol. The molecule has 0 atom stereocenters. The van der Waals surface area contributed by atoms with E-state index in [0.717, 1.165) is 30.2 Å². The Bertz CT molecular complexity index is 506. The summed E-state index contributed by atoms with van der Waals surface area (Å²) in [7, 11) is 1.96. The predicted molar refractivity (Wildman–Crippen MR) is 75.0 cm³/mol. The van der Waals surface area contributed by atoms with Crippen LogP contribution in [0.3, 0.4) is 0 Å². The molecular formula is C14H20N4O. The number of hydrogen-bond donors (Lipinski definition) is 1. The van der Waals surface area contributed by atoms with Gasteiger partial charge in [-0.05, 0) is 25.6 Å². The van der Waals surface area contributed by atoms with Gasteiger partial charge in [0.05, 0.1) is 6.54 Å². The van der Waals surface area contributed by atoms with Gasteiger partial charge in [0, 0.05) is 31.5 Å². The van der Waals surface area contributed by atoms with Gasteiger partial charge in [-0.25, -0.2) is 9.97 Å². The van der Waals surface area contributed by atoms with Crippen LogP contribution in [-0.4, -0.2) is 23.6 Å². The molecule has 5 nitrogen and oxygen atoms in total. The maximum absolute atomic E-state index is 5.55. The maximum Gasteiger partial charge on any atom is 0.225 e. The number of anilines is 1. The van der Waals surface area contributed by atoms with Crippen molar-refractivity contribution in [2.24, 2.45) is 0 Å². The highest BCUT2D eigenvalue weighted by atomic mass is 16.3. The first-order valence-corrected chi connectivity index (χ1v) is 6.47. The predicted octanol–water partition coefficient (Wildman–Crippen LogP) is 2.12. The maximum atomic E-state index is 5.55. The van der Waals surface area contributed by atoms with Crippen LogP contribution in [0.4, 0.5) is 5.95 Å². The molecule has 0 amide bonds. The minimum Gasteiger partial charge on any atom is -0.464 e. The van der Waals surface area contributed by atoms with Crippen LogP contribution in [-0.2, 0) is 13.1 Å². The Morgan fingerprint density at radius 3 is 2.58 bits per heavy atom. The summed E-state index contributed by atoms with van der Waals surface area (Å²) in [5, 5.41) is 3.25. The minimum absolute atomic E-state index is 0.667. The first-order chi connectivity index (χ1) is 9.19. The highest BCUT2D eigenvalue weighted by Crippen LogP contribution is 2.12. The number of furan rings is 1. The molecule has 0 aromatic carbocycles. The number of aromatic nitrogens is 2. The Morgan fingerprint density at radius 2 is 2.00 bits per heavy atom. The van der Waals surface area contributed by atoms with E-state index in [2.05, 4.69) is 22.2 Å². The largest absolute Gasteiger partial charge is 0.464 e. The third kappa shape index (κ3) is 3.79. The topological polar surface area (TPSA) is 54.2 Å². The zero-order chi connectivity index (χ0) is 13.7. The highest BCUT2D eigenvalue weighted by molar-refractivity contribution is 5.29. The van der Waals surface area contributed by atoms with Crippen molar-refractivity contribution in [3.05, 3.63) is 41.6 Å². The fourth-order valence-corrected chi connectivity index (χ4v) is 1.78. The van der Waals surface area contributed by atoms with E-state index in [0.29, 0.717) is 12.5 Å². The second-order valence-corrected chi connectivity index (χ2v) is 4.54. The van der Waals surface area contributed by atoms with E-state index in [4.69, 9.17) is 4.42 Å². The molecule has 2 aromatic rings. The van der Waals surface area contributed by atoms with Gasteiger partial charge in [-0.2, -0.15) is 0 Å². The molecule has 0 bridgehead atoms. The normalized spacial score (nSPS) is 10.7. The van der Waals surface area contributed by atoms with Crippen molar-refractivity contribution in [1.29, 1.82) is 0 Å². The fraction of sp³-hybridized carbons (Fsp3) is 0.429. The van der Waals surface area contributed by atoms with E-state index in [1.54, 1.807) is 0 Å². The molecule has 0 spiro atoms. The van der Waals surface area contributed by atoms with Crippen molar-refractivity contribution < 1.29 is 4.42 Å². The first-order valence-electron chi connectivity index (χ1n) is 6.47. The van der Waals surface area contributed by atoms with Crippen molar-refractivity contribution in [3.8, 4) is 0 Å². The lowest BCUT2D eigenvalue weighted by Crippen LogP contribution is -2.19. The molecule has 19 heavy (non-hydrogen) atoms. The van der Waals surface area contributed by atoms with E-state index in [9.17, 15) is 0 Å². The molecule has 0 saturated heterocycles. The van der Waals surface area contributed by atoms with E-state index in [-0.39, 0.29) is 0 Å². The summed E-state index contributed by atoms with van der Waals surface area (Å²) in [5.74, 6) is 2.54. The Morgan fingerprint density at radius 1 is 1.26 bits per heavy atom. The molecule has 1 N–H and O–H groups in total. The monoisotopic (exact) mass is 260 g/mol. The van der Waals surface area contributed by atoms with E-state index >= 15 is 0 Å². The number of nitrogens with one attached hydrogen (secondary N) is 1. The van der Waals surface area contributed by atoms with E-state index < -0.39 is 0 Å². The van der Waals surface area contributed by atoms with E-state index in [1.807, 2.05) is 43.4 Å². The van der Waals surface area contributed by atoms with Crippen LogP contribution < -0.4 is 10.2 Å². The number of nitrogens with zero attached hydrogens (tertiary/aromatic N) is 3. The zero-order valence-electron chi connectivity index (χ0n) is 11.7. The Kier molecular flexibility index (Phi) is 4.52. The number of aryl methyl sites for hydroxylation is 1. The second kappa shape index (κ2) is 6.33. The van der Waals surface area contributed by atoms with Gasteiger partial charge in [-0.15, -0.1) is 0 Å². The lowest BCUT2D eigenvalue weighted by Gasteiger charge is -2.15. The first kappa shape index (κ1) is 13.5. The quantitative estimate of drug-likeness (QED) is 0.862. The molecule has 0 aliphatic rings. The fourth-order valence-electron chi connectivity index (χ4n) is 1.78. The van der Waals surface area contributed by atoms with Crippen LogP contribution in [0, 0.1) is 6.92 Å². The van der Waals surface area contributed by atoms with Gasteiger partial charge in [-0.1, -0.05) is 6.92 Å². The minimum atomic E-state index is 0.667. The SMILES string of the molecule is CCNCc1cnc(N(C)Cc2ccc(C)o2)nc1. The molecule has 2 rings (SSSR count). The molecular weight excluding hydrogens is 240 g/mol. The average Bonchev–Trinajstić information content (AvgIpc) is 2.82. The van der Waals surface area contributed by atoms with Gasteiger partial charge >= 0.3 is 0 Å². The van der Waals surface area contributed by atoms with Crippen LogP contribution >= 0.6 is 0 Å². The molecule has 0 unspecified atom stereocenters. The van der Waals surface area contributed by atoms with Crippen molar-refractivity contribution in [2.75, 3.05) is 18.5 Å². The summed E-state index contributed by atoms with van der Waals surface area (Å²) in [6.07, 6.45) is 3.71. The van der Waals surface area contributed by atoms with Crippen LogP contribution in [0.25, 0.3) is 0 Å². The van der Waals surface area contributed by atoms with Crippen molar-refractivity contribution >= 4 is 5.95 Å². The lowest BCUT2D eigenvalue weighted by atomic mass is 10.3. The van der Waals surface area contributed by atoms with Crippen molar-refractivity contribution in [2.45, 2.75) is 26.9 Å². The second-order valence-electron chi connectivity index (χ2n) is 4.54. The van der Waals surface area contributed by atoms with Gasteiger partial charge in [0.1, 0.15) is 11.5 Å². The molecule has 102 valence electrons. The highest BCUT2D eigenvalue weighted by Gasteiger charge is 2.07. The molecule has 2 heterocycles. The third-order valence-electron chi connectivity index (χ3n) is 2.80. The Labute approximate surface area is 113 Å². The molecule has 0 aliphatic heterocycles. The van der Waals surface area contributed by atoms with E-state index in [1.165, 1.54) is 0 Å². The summed E-state index contributed by atoms with van der Waals surface area (Å²) < 4.78 is 5.55. The molecule has 0 fully saturated rings. The number of hydrogen-bond acceptors (Lipinski definition) is 5. The number of rotatable bonds is 6. The van der Waals surface area contributed by atoms with Crippen LogP contribution in [0.2, 0.25) is 0 Å². The summed E-state index contributed by atoms with van der Waals surface area (Å²) >= 11 is 0. The van der Waals surface area contributed by atoms with Gasteiger partial charge < -0.3 is 14.6 Å². The van der Waals surface area contributed by atoms with Crippen LogP contribution in [0.5, 0.6) is 0 Å². The molecule has 0 aliphatic carbocycles. The van der Waals surface area contributed by atoms with Crippen LogP contribution in [0.15, 0.2) is 28.9 Å². The van der Waals surface area contributed by atoms with Gasteiger partial charge in [-0.3, -0.25) is 0 Å². The summed E-state index contributed by atoms with van der Waals surface area (Å²) in [6, 6.07) is 3.94. The standard InChI is InChI=1S/C14H20N4O/c1-4-15-7-12-8-16-14(17-9-12)18(3)10-13-6-5-11(2)19-13/h5-6,8-9,15H,4,7,10H2,1-3H3. The zero-order valence-corrected chi connectivity index (χ0v) is 11.7. The molecule has 5 heteroatoms. The Balaban J connectivity index is 1.97. The van der Waals surface area contributed by atoms with Crippen molar-refractivity contribution in [1.82, 2.24) is 15.3 Å². The summed E-state index contributed by atoms with van der Waals surface area (Å²) in [4.78, 5) is 10.7. The van der Waals surface area contributed by atoms with Gasteiger partial charge in [0.15, 0.2) is 0 Å². The third-order valence-corrected chi connectivity index (χ3v) is 2.80. The van der Waals surface area contributed by atoms with Gasteiger partial charge in [0.25, 0.3) is 0 Å². The van der Waals surface area contributed by atoms with Gasteiger partial charge in [0.2, 0.25) is 5.95 Å². The summed E-state index contributed by atoms with van der Waals surface area (Å²) in [5.41, 5.74) is 1.09. The lowest BCUT2D eigenvalue weighted by molar-refractivity contribution is 0.480. The molecule has 2 aromatic heterocycles. The van der Waals surface area contributed by atoms with Crippen molar-refractivity contribution in [3.63, 3.8) is 0 Å². The Hall–Kier alpha value is -1.88.